The molecule has 1 fully saturated rings. The van der Waals surface area contributed by atoms with Crippen molar-refractivity contribution in [3.8, 4) is 11.4 Å². The van der Waals surface area contributed by atoms with Crippen molar-refractivity contribution in [2.45, 2.75) is 58.7 Å². The number of ether oxygens (including phenoxy) is 1. The highest BCUT2D eigenvalue weighted by Crippen LogP contribution is 2.18. The number of carbonyl (C=O) groups is 1. The fourth-order valence-corrected chi connectivity index (χ4v) is 3.24. The van der Waals surface area contributed by atoms with Gasteiger partial charge in [-0.05, 0) is 71.3 Å². The lowest BCUT2D eigenvalue weighted by molar-refractivity contribution is 0.0920. The maximum absolute atomic E-state index is 12.6. The van der Waals surface area contributed by atoms with Gasteiger partial charge in [0.2, 0.25) is 0 Å². The zero-order valence-electron chi connectivity index (χ0n) is 15.8. The molecule has 2 atom stereocenters. The summed E-state index contributed by atoms with van der Waals surface area (Å²) < 4.78 is 7.34. The van der Waals surface area contributed by atoms with Gasteiger partial charge in [0.25, 0.3) is 5.91 Å². The number of hydrogen-bond donors (Lipinski definition) is 2. The number of benzene rings is 1. The van der Waals surface area contributed by atoms with Crippen LogP contribution >= 0.6 is 0 Å². The van der Waals surface area contributed by atoms with Crippen molar-refractivity contribution in [3.05, 3.63) is 35.7 Å². The van der Waals surface area contributed by atoms with Crippen LogP contribution in [0.4, 0.5) is 0 Å². The maximum atomic E-state index is 12.6. The predicted molar refractivity (Wildman–Crippen MR) is 99.8 cm³/mol. The fraction of sp³-hybridized carbons (Fsp3) is 0.526. The predicted octanol–water partition coefficient (Wildman–Crippen LogP) is 2.23. The van der Waals surface area contributed by atoms with Gasteiger partial charge < -0.3 is 15.4 Å². The Morgan fingerprint density at radius 2 is 2.08 bits per heavy atom. The van der Waals surface area contributed by atoms with Crippen molar-refractivity contribution >= 4 is 5.91 Å². The molecule has 0 aliphatic carbocycles. The average Bonchev–Trinajstić information content (AvgIpc) is 2.97. The molecule has 0 spiro atoms. The van der Waals surface area contributed by atoms with Gasteiger partial charge in [0.05, 0.1) is 17.5 Å². The topological polar surface area (TPSA) is 81.1 Å². The number of rotatable bonds is 5. The molecule has 2 unspecified atom stereocenters. The largest absolute Gasteiger partial charge is 0.491 e. The molecule has 7 heteroatoms. The van der Waals surface area contributed by atoms with Crippen LogP contribution in [0.25, 0.3) is 5.69 Å². The van der Waals surface area contributed by atoms with E-state index >= 15 is 0 Å². The lowest BCUT2D eigenvalue weighted by Gasteiger charge is -2.28. The molecule has 2 aromatic rings. The van der Waals surface area contributed by atoms with Crippen molar-refractivity contribution < 1.29 is 9.53 Å². The average molecular weight is 357 g/mol. The zero-order chi connectivity index (χ0) is 18.7. The van der Waals surface area contributed by atoms with E-state index in [1.54, 1.807) is 4.68 Å². The van der Waals surface area contributed by atoms with Gasteiger partial charge in [-0.15, -0.1) is 5.10 Å². The number of nitrogens with one attached hydrogen (secondary N) is 2. The number of hydrogen-bond acceptors (Lipinski definition) is 5. The summed E-state index contributed by atoms with van der Waals surface area (Å²) in [6.45, 7) is 8.89. The van der Waals surface area contributed by atoms with E-state index in [1.807, 2.05) is 45.0 Å². The smallest absolute Gasteiger partial charge is 0.273 e. The van der Waals surface area contributed by atoms with Crippen LogP contribution in [0.15, 0.2) is 24.3 Å². The zero-order valence-corrected chi connectivity index (χ0v) is 15.8. The third-order valence-electron chi connectivity index (χ3n) is 4.52. The minimum absolute atomic E-state index is 0.127. The van der Waals surface area contributed by atoms with Crippen LogP contribution in [0, 0.1) is 6.92 Å². The number of nitrogens with zero attached hydrogens (tertiary/aromatic N) is 3. The number of piperidine rings is 1. The van der Waals surface area contributed by atoms with Gasteiger partial charge in [0.15, 0.2) is 5.69 Å². The van der Waals surface area contributed by atoms with Crippen molar-refractivity contribution in [3.63, 3.8) is 0 Å². The molecule has 1 saturated heterocycles. The third kappa shape index (κ3) is 4.22. The van der Waals surface area contributed by atoms with E-state index in [4.69, 9.17) is 4.74 Å². The second kappa shape index (κ2) is 7.86. The van der Waals surface area contributed by atoms with Gasteiger partial charge in [0.1, 0.15) is 5.75 Å². The van der Waals surface area contributed by atoms with Crippen molar-refractivity contribution in [1.29, 1.82) is 0 Å². The van der Waals surface area contributed by atoms with E-state index in [9.17, 15) is 4.79 Å². The summed E-state index contributed by atoms with van der Waals surface area (Å²) in [5.74, 6) is 0.645. The van der Waals surface area contributed by atoms with Gasteiger partial charge in [0, 0.05) is 12.1 Å². The summed E-state index contributed by atoms with van der Waals surface area (Å²) >= 11 is 0. The first-order valence-electron chi connectivity index (χ1n) is 9.17. The number of aromatic nitrogens is 3. The van der Waals surface area contributed by atoms with Crippen LogP contribution < -0.4 is 15.4 Å². The molecule has 1 amide bonds. The molecule has 1 aliphatic rings. The molecule has 2 heterocycles. The molecule has 1 aliphatic heterocycles. The highest BCUT2D eigenvalue weighted by atomic mass is 16.5. The fourth-order valence-electron chi connectivity index (χ4n) is 3.24. The minimum atomic E-state index is -0.160. The Morgan fingerprint density at radius 3 is 2.73 bits per heavy atom. The van der Waals surface area contributed by atoms with Gasteiger partial charge in [-0.2, -0.15) is 0 Å². The summed E-state index contributed by atoms with van der Waals surface area (Å²) in [6, 6.07) is 8.21. The molecule has 0 saturated carbocycles. The quantitative estimate of drug-likeness (QED) is 0.858. The molecule has 26 heavy (non-hydrogen) atoms. The maximum Gasteiger partial charge on any atom is 0.273 e. The first-order valence-corrected chi connectivity index (χ1v) is 9.17. The summed E-state index contributed by atoms with van der Waals surface area (Å²) in [5, 5.41) is 14.7. The Bertz CT molecular complexity index is 754. The Morgan fingerprint density at radius 1 is 1.35 bits per heavy atom. The Kier molecular flexibility index (Phi) is 5.56. The van der Waals surface area contributed by atoms with Crippen LogP contribution in [-0.4, -0.2) is 45.6 Å². The highest BCUT2D eigenvalue weighted by molar-refractivity contribution is 5.93. The van der Waals surface area contributed by atoms with E-state index in [1.165, 1.54) is 0 Å². The van der Waals surface area contributed by atoms with Crippen molar-refractivity contribution in [1.82, 2.24) is 25.6 Å². The van der Waals surface area contributed by atoms with Gasteiger partial charge >= 0.3 is 0 Å². The molecule has 1 aromatic carbocycles. The van der Waals surface area contributed by atoms with Gasteiger partial charge in [-0.25, -0.2) is 4.68 Å². The summed E-state index contributed by atoms with van der Waals surface area (Å²) in [4.78, 5) is 12.6. The Hall–Kier alpha value is -2.41. The second-order valence-electron chi connectivity index (χ2n) is 7.15. The third-order valence-corrected chi connectivity index (χ3v) is 4.52. The summed E-state index contributed by atoms with van der Waals surface area (Å²) in [5.41, 5.74) is 1.95. The molecule has 2 N–H and O–H groups in total. The van der Waals surface area contributed by atoms with Crippen LogP contribution in [0.2, 0.25) is 0 Å². The molecule has 0 radical (unpaired) electrons. The number of amides is 1. The molecule has 7 nitrogen and oxygen atoms in total. The van der Waals surface area contributed by atoms with E-state index in [0.29, 0.717) is 11.7 Å². The normalized spacial score (nSPS) is 20.2. The Balaban J connectivity index is 1.72. The second-order valence-corrected chi connectivity index (χ2v) is 7.15. The first kappa shape index (κ1) is 18.4. The van der Waals surface area contributed by atoms with Crippen molar-refractivity contribution in [2.24, 2.45) is 0 Å². The lowest BCUT2D eigenvalue weighted by Crippen LogP contribution is -2.46. The van der Waals surface area contributed by atoms with E-state index in [2.05, 4.69) is 27.9 Å². The minimum Gasteiger partial charge on any atom is -0.491 e. The van der Waals surface area contributed by atoms with Gasteiger partial charge in [-0.3, -0.25) is 4.79 Å². The van der Waals surface area contributed by atoms with E-state index in [-0.39, 0.29) is 18.1 Å². The standard InChI is InChI=1S/C19H27N5O2/c1-12(2)26-17-7-5-16(6-8-17)24-14(4)18(22-23-24)19(25)21-15-9-10-20-13(3)11-15/h5-8,12-13,15,20H,9-11H2,1-4H3,(H,21,25). The van der Waals surface area contributed by atoms with Crippen LogP contribution in [0.5, 0.6) is 5.75 Å². The van der Waals surface area contributed by atoms with E-state index in [0.717, 1.165) is 36.5 Å². The molecular weight excluding hydrogens is 330 g/mol. The van der Waals surface area contributed by atoms with Crippen molar-refractivity contribution in [2.75, 3.05) is 6.54 Å². The molecule has 140 valence electrons. The summed E-state index contributed by atoms with van der Waals surface area (Å²) in [6.07, 6.45) is 1.98. The SMILES string of the molecule is Cc1c(C(=O)NC2CCNC(C)C2)nnn1-c1ccc(OC(C)C)cc1. The molecule has 0 bridgehead atoms. The van der Waals surface area contributed by atoms with Crippen LogP contribution in [-0.2, 0) is 0 Å². The Labute approximate surface area is 154 Å². The number of carbonyl (C=O) groups excluding carboxylic acids is 1. The van der Waals surface area contributed by atoms with Crippen LogP contribution in [0.1, 0.15) is 49.8 Å². The van der Waals surface area contributed by atoms with Gasteiger partial charge in [-0.1, -0.05) is 5.21 Å². The molecule has 3 rings (SSSR count). The highest BCUT2D eigenvalue weighted by Gasteiger charge is 2.23. The monoisotopic (exact) mass is 357 g/mol. The molecular formula is C19H27N5O2. The summed E-state index contributed by atoms with van der Waals surface area (Å²) in [7, 11) is 0. The van der Waals surface area contributed by atoms with Crippen LogP contribution in [0.3, 0.4) is 0 Å². The van der Waals surface area contributed by atoms with E-state index < -0.39 is 0 Å². The lowest BCUT2D eigenvalue weighted by atomic mass is 10.0. The molecule has 1 aromatic heterocycles. The first-order chi connectivity index (χ1) is 12.4.